The lowest BCUT2D eigenvalue weighted by atomic mass is 9.94. The van der Waals surface area contributed by atoms with Crippen molar-refractivity contribution in [3.05, 3.63) is 35.9 Å². The standard InChI is InChI=1S/C12H13NO4/c1-13-10(8-6-4-3-5-7-8)9(11(14)16-2)12(15)17-13/h3-7,9-10H,1-2H3. The van der Waals surface area contributed by atoms with Crippen LogP contribution in [0.4, 0.5) is 0 Å². The van der Waals surface area contributed by atoms with Crippen LogP contribution in [-0.4, -0.2) is 31.2 Å². The molecule has 90 valence electrons. The molecule has 0 saturated carbocycles. The van der Waals surface area contributed by atoms with E-state index in [2.05, 4.69) is 4.74 Å². The number of benzene rings is 1. The minimum absolute atomic E-state index is 0.434. The molecular weight excluding hydrogens is 222 g/mol. The van der Waals surface area contributed by atoms with E-state index in [9.17, 15) is 9.59 Å². The molecule has 1 aliphatic heterocycles. The second-order valence-corrected chi connectivity index (χ2v) is 3.81. The monoisotopic (exact) mass is 235 g/mol. The average molecular weight is 235 g/mol. The topological polar surface area (TPSA) is 55.8 Å². The molecule has 17 heavy (non-hydrogen) atoms. The van der Waals surface area contributed by atoms with E-state index >= 15 is 0 Å². The maximum Gasteiger partial charge on any atom is 0.341 e. The maximum absolute atomic E-state index is 11.6. The van der Waals surface area contributed by atoms with Crippen LogP contribution in [0.2, 0.25) is 0 Å². The van der Waals surface area contributed by atoms with Crippen LogP contribution in [0.1, 0.15) is 11.6 Å². The predicted octanol–water partition coefficient (Wildman–Crippen LogP) is 0.920. The number of carbonyl (C=O) groups excluding carboxylic acids is 2. The number of ether oxygens (including phenoxy) is 1. The molecule has 5 heteroatoms. The molecule has 0 bridgehead atoms. The van der Waals surface area contributed by atoms with E-state index < -0.39 is 23.9 Å². The zero-order valence-corrected chi connectivity index (χ0v) is 9.62. The van der Waals surface area contributed by atoms with Crippen molar-refractivity contribution < 1.29 is 19.2 Å². The van der Waals surface area contributed by atoms with Crippen molar-refractivity contribution >= 4 is 11.9 Å². The number of nitrogens with zero attached hydrogens (tertiary/aromatic N) is 1. The molecule has 0 N–H and O–H groups in total. The van der Waals surface area contributed by atoms with Crippen LogP contribution in [0, 0.1) is 5.92 Å². The average Bonchev–Trinajstić information content (AvgIpc) is 2.64. The molecule has 1 aromatic carbocycles. The smallest absolute Gasteiger partial charge is 0.341 e. The third kappa shape index (κ3) is 2.01. The van der Waals surface area contributed by atoms with Gasteiger partial charge in [0.25, 0.3) is 0 Å². The fourth-order valence-corrected chi connectivity index (χ4v) is 2.00. The Labute approximate surface area is 98.9 Å². The summed E-state index contributed by atoms with van der Waals surface area (Å²) in [5, 5.41) is 1.39. The summed E-state index contributed by atoms with van der Waals surface area (Å²) < 4.78 is 4.64. The van der Waals surface area contributed by atoms with E-state index in [1.54, 1.807) is 7.05 Å². The van der Waals surface area contributed by atoms with E-state index in [1.165, 1.54) is 12.2 Å². The van der Waals surface area contributed by atoms with E-state index in [4.69, 9.17) is 4.84 Å². The summed E-state index contributed by atoms with van der Waals surface area (Å²) in [7, 11) is 2.88. The van der Waals surface area contributed by atoms with Crippen molar-refractivity contribution in [2.45, 2.75) is 6.04 Å². The summed E-state index contributed by atoms with van der Waals surface area (Å²) in [6, 6.07) is 8.82. The molecule has 1 saturated heterocycles. The molecule has 2 unspecified atom stereocenters. The van der Waals surface area contributed by atoms with Crippen LogP contribution in [0.15, 0.2) is 30.3 Å². The highest BCUT2D eigenvalue weighted by atomic mass is 16.7. The number of hydrogen-bond donors (Lipinski definition) is 0. The van der Waals surface area contributed by atoms with Gasteiger partial charge in [0.1, 0.15) is 0 Å². The number of esters is 1. The summed E-state index contributed by atoms with van der Waals surface area (Å²) in [6.07, 6.45) is 0. The normalized spacial score (nSPS) is 24.5. The molecule has 1 heterocycles. The fourth-order valence-electron chi connectivity index (χ4n) is 2.00. The molecule has 0 spiro atoms. The van der Waals surface area contributed by atoms with Crippen molar-refractivity contribution in [2.75, 3.05) is 14.2 Å². The summed E-state index contributed by atoms with van der Waals surface area (Å²) in [6.45, 7) is 0. The molecular formula is C12H13NO4. The van der Waals surface area contributed by atoms with Gasteiger partial charge in [-0.15, -0.1) is 5.06 Å². The number of rotatable bonds is 2. The van der Waals surface area contributed by atoms with Gasteiger partial charge in [-0.2, -0.15) is 0 Å². The van der Waals surface area contributed by atoms with Crippen LogP contribution in [0.25, 0.3) is 0 Å². The van der Waals surface area contributed by atoms with E-state index in [-0.39, 0.29) is 0 Å². The van der Waals surface area contributed by atoms with Gasteiger partial charge < -0.3 is 9.57 Å². The largest absolute Gasteiger partial charge is 0.468 e. The zero-order chi connectivity index (χ0) is 12.4. The van der Waals surface area contributed by atoms with Crippen molar-refractivity contribution in [1.29, 1.82) is 0 Å². The maximum atomic E-state index is 11.6. The van der Waals surface area contributed by atoms with E-state index in [0.717, 1.165) is 5.56 Å². The first kappa shape index (κ1) is 11.6. The van der Waals surface area contributed by atoms with Gasteiger partial charge in [-0.1, -0.05) is 30.3 Å². The Morgan fingerprint density at radius 3 is 2.59 bits per heavy atom. The molecule has 0 aromatic heterocycles. The minimum Gasteiger partial charge on any atom is -0.468 e. The minimum atomic E-state index is -0.924. The van der Waals surface area contributed by atoms with Crippen LogP contribution in [0.5, 0.6) is 0 Å². The second kappa shape index (κ2) is 4.55. The quantitative estimate of drug-likeness (QED) is 0.563. The Bertz CT molecular complexity index is 423. The Morgan fingerprint density at radius 1 is 1.35 bits per heavy atom. The first-order valence-electron chi connectivity index (χ1n) is 5.22. The molecule has 0 aliphatic carbocycles. The molecule has 2 rings (SSSR count). The van der Waals surface area contributed by atoms with Crippen LogP contribution < -0.4 is 0 Å². The van der Waals surface area contributed by atoms with Gasteiger partial charge in [0.2, 0.25) is 0 Å². The van der Waals surface area contributed by atoms with E-state index in [0.29, 0.717) is 0 Å². The third-order valence-electron chi connectivity index (χ3n) is 2.79. The van der Waals surface area contributed by atoms with Gasteiger partial charge >= 0.3 is 11.9 Å². The zero-order valence-electron chi connectivity index (χ0n) is 9.62. The lowest BCUT2D eigenvalue weighted by molar-refractivity contribution is -0.170. The molecule has 5 nitrogen and oxygen atoms in total. The van der Waals surface area contributed by atoms with Gasteiger partial charge in [-0.3, -0.25) is 4.79 Å². The van der Waals surface area contributed by atoms with Crippen LogP contribution in [0.3, 0.4) is 0 Å². The Hall–Kier alpha value is -1.88. The third-order valence-corrected chi connectivity index (χ3v) is 2.79. The number of hydrogen-bond acceptors (Lipinski definition) is 5. The Balaban J connectivity index is 2.36. The van der Waals surface area contributed by atoms with Gasteiger partial charge in [0.05, 0.1) is 13.2 Å². The van der Waals surface area contributed by atoms with Crippen molar-refractivity contribution in [3.63, 3.8) is 0 Å². The second-order valence-electron chi connectivity index (χ2n) is 3.81. The Morgan fingerprint density at radius 2 is 2.00 bits per heavy atom. The highest BCUT2D eigenvalue weighted by Crippen LogP contribution is 2.35. The molecule has 1 fully saturated rings. The fraction of sp³-hybridized carbons (Fsp3) is 0.333. The SMILES string of the molecule is COC(=O)C1C(=O)ON(C)C1c1ccccc1. The molecule has 1 aliphatic rings. The summed E-state index contributed by atoms with van der Waals surface area (Å²) in [4.78, 5) is 28.2. The number of hydroxylamine groups is 2. The van der Waals surface area contributed by atoms with Crippen molar-refractivity contribution in [3.8, 4) is 0 Å². The summed E-state index contributed by atoms with van der Waals surface area (Å²) in [5.41, 5.74) is 0.844. The first-order chi connectivity index (χ1) is 8.15. The molecule has 0 amide bonds. The Kier molecular flexibility index (Phi) is 3.10. The van der Waals surface area contributed by atoms with Gasteiger partial charge in [-0.25, -0.2) is 4.79 Å². The highest BCUT2D eigenvalue weighted by molar-refractivity contribution is 5.96. The first-order valence-corrected chi connectivity index (χ1v) is 5.22. The summed E-state index contributed by atoms with van der Waals surface area (Å²) in [5.74, 6) is -2.08. The van der Waals surface area contributed by atoms with Gasteiger partial charge in [0.15, 0.2) is 5.92 Å². The predicted molar refractivity (Wildman–Crippen MR) is 58.5 cm³/mol. The van der Waals surface area contributed by atoms with Crippen LogP contribution >= 0.6 is 0 Å². The molecule has 2 atom stereocenters. The molecule has 1 aromatic rings. The van der Waals surface area contributed by atoms with Crippen molar-refractivity contribution in [2.24, 2.45) is 5.92 Å². The number of methoxy groups -OCH3 is 1. The van der Waals surface area contributed by atoms with Crippen molar-refractivity contribution in [1.82, 2.24) is 5.06 Å². The van der Waals surface area contributed by atoms with Crippen LogP contribution in [-0.2, 0) is 19.2 Å². The van der Waals surface area contributed by atoms with Gasteiger partial charge in [0, 0.05) is 7.05 Å². The lowest BCUT2D eigenvalue weighted by Gasteiger charge is -2.19. The number of carbonyl (C=O) groups is 2. The summed E-state index contributed by atoms with van der Waals surface area (Å²) >= 11 is 0. The molecule has 0 radical (unpaired) electrons. The lowest BCUT2D eigenvalue weighted by Crippen LogP contribution is -2.28. The van der Waals surface area contributed by atoms with Gasteiger partial charge in [-0.05, 0) is 5.56 Å². The highest BCUT2D eigenvalue weighted by Gasteiger charge is 2.48. The van der Waals surface area contributed by atoms with E-state index in [1.807, 2.05) is 30.3 Å².